The predicted molar refractivity (Wildman–Crippen MR) is 96.8 cm³/mol. The highest BCUT2D eigenvalue weighted by molar-refractivity contribution is 7.99. The number of hydrogen-bond donors (Lipinski definition) is 2. The Kier molecular flexibility index (Phi) is 7.35. The Morgan fingerprint density at radius 3 is 2.48 bits per heavy atom. The largest absolute Gasteiger partial charge is 0.355 e. The maximum Gasteiger partial charge on any atom is 0.240 e. The van der Waals surface area contributed by atoms with E-state index in [0.717, 1.165) is 5.56 Å². The van der Waals surface area contributed by atoms with Gasteiger partial charge in [0.1, 0.15) is 0 Å². The van der Waals surface area contributed by atoms with Crippen molar-refractivity contribution < 1.29 is 13.2 Å². The van der Waals surface area contributed by atoms with Crippen molar-refractivity contribution in [2.24, 2.45) is 0 Å². The molecule has 0 aliphatic rings. The van der Waals surface area contributed by atoms with Crippen LogP contribution in [0.2, 0.25) is 0 Å². The molecule has 1 heterocycles. The third-order valence-corrected chi connectivity index (χ3v) is 5.53. The van der Waals surface area contributed by atoms with Gasteiger partial charge in [0.2, 0.25) is 15.9 Å². The molecule has 0 atom stereocenters. The van der Waals surface area contributed by atoms with Gasteiger partial charge in [0.05, 0.1) is 10.6 Å². The second-order valence-electron chi connectivity index (χ2n) is 5.23. The third-order valence-electron chi connectivity index (χ3n) is 3.17. The third kappa shape index (κ3) is 6.81. The molecule has 0 unspecified atom stereocenters. The molecule has 2 rings (SSSR count). The number of benzene rings is 1. The lowest BCUT2D eigenvalue weighted by molar-refractivity contribution is -0.118. The van der Waals surface area contributed by atoms with Crippen molar-refractivity contribution in [2.75, 3.05) is 18.8 Å². The number of sulfonamides is 1. The van der Waals surface area contributed by atoms with Crippen LogP contribution in [0.4, 0.5) is 0 Å². The van der Waals surface area contributed by atoms with Crippen molar-refractivity contribution in [2.45, 2.75) is 23.4 Å². The summed E-state index contributed by atoms with van der Waals surface area (Å²) in [4.78, 5) is 20.0. The molecule has 9 heteroatoms. The summed E-state index contributed by atoms with van der Waals surface area (Å²) >= 11 is 1.25. The SMILES string of the molecule is Cc1ccc(S(=O)(=O)NCCCNC(=O)CSc2ncccn2)cc1. The van der Waals surface area contributed by atoms with Gasteiger partial charge in [0, 0.05) is 25.5 Å². The van der Waals surface area contributed by atoms with Crippen molar-refractivity contribution in [3.05, 3.63) is 48.3 Å². The van der Waals surface area contributed by atoms with Crippen molar-refractivity contribution >= 4 is 27.7 Å². The summed E-state index contributed by atoms with van der Waals surface area (Å²) in [5.74, 6) is 0.0814. The zero-order valence-electron chi connectivity index (χ0n) is 13.8. The minimum atomic E-state index is -3.51. The van der Waals surface area contributed by atoms with Gasteiger partial charge in [-0.1, -0.05) is 29.5 Å². The number of nitrogens with one attached hydrogen (secondary N) is 2. The Hall–Kier alpha value is -1.97. The fourth-order valence-corrected chi connectivity index (χ4v) is 3.57. The van der Waals surface area contributed by atoms with E-state index in [-0.39, 0.29) is 23.1 Å². The monoisotopic (exact) mass is 380 g/mol. The fourth-order valence-electron chi connectivity index (χ4n) is 1.86. The van der Waals surface area contributed by atoms with Crippen LogP contribution in [-0.4, -0.2) is 43.1 Å². The average Bonchev–Trinajstić information content (AvgIpc) is 2.61. The van der Waals surface area contributed by atoms with Crippen LogP contribution >= 0.6 is 11.8 Å². The molecule has 0 spiro atoms. The molecule has 0 saturated heterocycles. The number of nitrogens with zero attached hydrogens (tertiary/aromatic N) is 2. The zero-order valence-corrected chi connectivity index (χ0v) is 15.4. The van der Waals surface area contributed by atoms with E-state index in [4.69, 9.17) is 0 Å². The molecule has 0 fully saturated rings. The van der Waals surface area contributed by atoms with Gasteiger partial charge in [-0.15, -0.1) is 0 Å². The van der Waals surface area contributed by atoms with E-state index < -0.39 is 10.0 Å². The Balaban J connectivity index is 1.64. The normalized spacial score (nSPS) is 11.2. The Bertz CT molecular complexity index is 781. The van der Waals surface area contributed by atoms with Gasteiger partial charge in [-0.3, -0.25) is 4.79 Å². The molecule has 134 valence electrons. The molecule has 0 bridgehead atoms. The van der Waals surface area contributed by atoms with Gasteiger partial charge in [-0.25, -0.2) is 23.1 Å². The number of carbonyl (C=O) groups excluding carboxylic acids is 1. The summed E-state index contributed by atoms with van der Waals surface area (Å²) < 4.78 is 26.7. The van der Waals surface area contributed by atoms with Gasteiger partial charge in [-0.2, -0.15) is 0 Å². The van der Waals surface area contributed by atoms with E-state index in [0.29, 0.717) is 18.1 Å². The number of carbonyl (C=O) groups is 1. The van der Waals surface area contributed by atoms with Crippen molar-refractivity contribution in [1.82, 2.24) is 20.0 Å². The number of thioether (sulfide) groups is 1. The lowest BCUT2D eigenvalue weighted by Crippen LogP contribution is -2.30. The molecule has 0 saturated carbocycles. The first-order valence-corrected chi connectivity index (χ1v) is 10.2. The molecule has 2 N–H and O–H groups in total. The van der Waals surface area contributed by atoms with E-state index in [9.17, 15) is 13.2 Å². The minimum absolute atomic E-state index is 0.140. The van der Waals surface area contributed by atoms with E-state index in [1.807, 2.05) is 6.92 Å². The fraction of sp³-hybridized carbons (Fsp3) is 0.312. The van der Waals surface area contributed by atoms with Crippen LogP contribution in [0, 0.1) is 6.92 Å². The van der Waals surface area contributed by atoms with E-state index in [2.05, 4.69) is 20.0 Å². The number of hydrogen-bond acceptors (Lipinski definition) is 6. The summed E-state index contributed by atoms with van der Waals surface area (Å²) in [6, 6.07) is 8.36. The first kappa shape index (κ1) is 19.4. The van der Waals surface area contributed by atoms with E-state index in [1.54, 1.807) is 42.7 Å². The standard InChI is InChI=1S/C16H20N4O3S2/c1-13-4-6-14(7-5-13)25(22,23)20-11-3-8-17-15(21)12-24-16-18-9-2-10-19-16/h2,4-7,9-10,20H,3,8,11-12H2,1H3,(H,17,21). The maximum atomic E-state index is 12.1. The van der Waals surface area contributed by atoms with Crippen LogP contribution in [-0.2, 0) is 14.8 Å². The molecule has 1 aromatic heterocycles. The molecule has 0 radical (unpaired) electrons. The van der Waals surface area contributed by atoms with Crippen molar-refractivity contribution in [3.63, 3.8) is 0 Å². The van der Waals surface area contributed by atoms with Gasteiger partial charge < -0.3 is 5.32 Å². The van der Waals surface area contributed by atoms with Gasteiger partial charge >= 0.3 is 0 Å². The molecule has 0 aliphatic carbocycles. The quantitative estimate of drug-likeness (QED) is 0.387. The number of rotatable bonds is 9. The highest BCUT2D eigenvalue weighted by Crippen LogP contribution is 2.10. The van der Waals surface area contributed by atoms with Crippen molar-refractivity contribution in [3.8, 4) is 0 Å². The number of aryl methyl sites for hydroxylation is 1. The summed E-state index contributed by atoms with van der Waals surface area (Å²) in [7, 11) is -3.51. The summed E-state index contributed by atoms with van der Waals surface area (Å²) in [5, 5.41) is 3.28. The molecule has 1 aromatic carbocycles. The van der Waals surface area contributed by atoms with Crippen LogP contribution in [0.3, 0.4) is 0 Å². The molecule has 2 aromatic rings. The van der Waals surface area contributed by atoms with E-state index >= 15 is 0 Å². The molecular weight excluding hydrogens is 360 g/mol. The Labute approximate surface area is 151 Å². The topological polar surface area (TPSA) is 101 Å². The highest BCUT2D eigenvalue weighted by atomic mass is 32.2. The van der Waals surface area contributed by atoms with Crippen LogP contribution in [0.5, 0.6) is 0 Å². The zero-order chi connectivity index (χ0) is 18.1. The first-order chi connectivity index (χ1) is 12.0. The van der Waals surface area contributed by atoms with Gasteiger partial charge in [0.25, 0.3) is 0 Å². The van der Waals surface area contributed by atoms with Crippen LogP contribution < -0.4 is 10.0 Å². The van der Waals surface area contributed by atoms with Gasteiger partial charge in [0.15, 0.2) is 5.16 Å². The maximum absolute atomic E-state index is 12.1. The lowest BCUT2D eigenvalue weighted by atomic mass is 10.2. The Morgan fingerprint density at radius 1 is 1.12 bits per heavy atom. The predicted octanol–water partition coefficient (Wildman–Crippen LogP) is 1.36. The average molecular weight is 380 g/mol. The molecule has 7 nitrogen and oxygen atoms in total. The van der Waals surface area contributed by atoms with Crippen molar-refractivity contribution in [1.29, 1.82) is 0 Å². The van der Waals surface area contributed by atoms with Crippen LogP contribution in [0.1, 0.15) is 12.0 Å². The molecular formula is C16H20N4O3S2. The first-order valence-electron chi connectivity index (χ1n) is 7.70. The second-order valence-corrected chi connectivity index (χ2v) is 7.94. The molecule has 0 aliphatic heterocycles. The molecule has 25 heavy (non-hydrogen) atoms. The second kappa shape index (κ2) is 9.50. The lowest BCUT2D eigenvalue weighted by Gasteiger charge is -2.08. The summed E-state index contributed by atoms with van der Waals surface area (Å²) in [6.07, 6.45) is 3.74. The van der Waals surface area contributed by atoms with Crippen LogP contribution in [0.15, 0.2) is 52.8 Å². The van der Waals surface area contributed by atoms with Crippen LogP contribution in [0.25, 0.3) is 0 Å². The highest BCUT2D eigenvalue weighted by Gasteiger charge is 2.12. The smallest absolute Gasteiger partial charge is 0.240 e. The summed E-state index contributed by atoms with van der Waals surface area (Å²) in [5.41, 5.74) is 1.00. The Morgan fingerprint density at radius 2 is 1.80 bits per heavy atom. The molecule has 1 amide bonds. The minimum Gasteiger partial charge on any atom is -0.355 e. The van der Waals surface area contributed by atoms with E-state index in [1.165, 1.54) is 11.8 Å². The summed E-state index contributed by atoms with van der Waals surface area (Å²) in [6.45, 7) is 2.55. The number of aromatic nitrogens is 2. The number of amides is 1. The van der Waals surface area contributed by atoms with Gasteiger partial charge in [-0.05, 0) is 31.5 Å².